The van der Waals surface area contributed by atoms with Gasteiger partial charge in [-0.3, -0.25) is 0 Å². The molecule has 0 radical (unpaired) electrons. The summed E-state index contributed by atoms with van der Waals surface area (Å²) in [6.07, 6.45) is 7.23. The summed E-state index contributed by atoms with van der Waals surface area (Å²) >= 11 is 3.51. The first-order valence-corrected chi connectivity index (χ1v) is 10.3. The van der Waals surface area contributed by atoms with E-state index in [1.807, 2.05) is 43.5 Å². The van der Waals surface area contributed by atoms with Crippen molar-refractivity contribution in [3.05, 3.63) is 65.3 Å². The zero-order chi connectivity index (χ0) is 18.5. The van der Waals surface area contributed by atoms with Crippen molar-refractivity contribution < 1.29 is 8.42 Å². The van der Waals surface area contributed by atoms with Gasteiger partial charge in [-0.05, 0) is 29.6 Å². The summed E-state index contributed by atoms with van der Waals surface area (Å²) in [5.74, 6) is 0.625. The van der Waals surface area contributed by atoms with Crippen molar-refractivity contribution in [1.29, 1.82) is 0 Å². The van der Waals surface area contributed by atoms with Gasteiger partial charge in [0.2, 0.25) is 10.0 Å². The maximum absolute atomic E-state index is 13.6. The molecule has 0 amide bonds. The Morgan fingerprint density at radius 2 is 2.00 bits per heavy atom. The van der Waals surface area contributed by atoms with Crippen LogP contribution in [0.5, 0.6) is 0 Å². The highest BCUT2D eigenvalue weighted by molar-refractivity contribution is 9.11. The van der Waals surface area contributed by atoms with Crippen LogP contribution in [0.3, 0.4) is 0 Å². The molecule has 0 aliphatic heterocycles. The number of hydrogen-bond donors (Lipinski definition) is 0. The van der Waals surface area contributed by atoms with Crippen molar-refractivity contribution in [3.8, 4) is 0 Å². The molecule has 4 rings (SSSR count). The zero-order valence-corrected chi connectivity index (χ0v) is 16.7. The smallest absolute Gasteiger partial charge is 0.248 e. The SMILES string of the molecule is Cn1cnnc1C1=CC(C)(S(=O)(=O)n2ccc3ccccc32)CC(Br)=C1. The molecule has 1 aliphatic rings. The first-order chi connectivity index (χ1) is 12.3. The Morgan fingerprint density at radius 3 is 2.73 bits per heavy atom. The highest BCUT2D eigenvalue weighted by atomic mass is 79.9. The van der Waals surface area contributed by atoms with E-state index in [1.54, 1.807) is 30.1 Å². The molecule has 1 aromatic carbocycles. The third-order valence-electron chi connectivity index (χ3n) is 4.67. The van der Waals surface area contributed by atoms with Crippen LogP contribution in [0.1, 0.15) is 19.2 Å². The first-order valence-electron chi connectivity index (χ1n) is 8.06. The number of nitrogens with zero attached hydrogens (tertiary/aromatic N) is 4. The van der Waals surface area contributed by atoms with Gasteiger partial charge in [0.1, 0.15) is 11.1 Å². The second-order valence-corrected chi connectivity index (χ2v) is 9.92. The maximum Gasteiger partial charge on any atom is 0.248 e. The summed E-state index contributed by atoms with van der Waals surface area (Å²) in [7, 11) is -1.87. The number of allylic oxidation sites excluding steroid dienone is 3. The lowest BCUT2D eigenvalue weighted by Gasteiger charge is -2.30. The van der Waals surface area contributed by atoms with Crippen molar-refractivity contribution in [3.63, 3.8) is 0 Å². The van der Waals surface area contributed by atoms with Crippen molar-refractivity contribution in [2.45, 2.75) is 18.1 Å². The predicted molar refractivity (Wildman–Crippen MR) is 105 cm³/mol. The summed E-state index contributed by atoms with van der Waals surface area (Å²) < 4.78 is 29.9. The fourth-order valence-corrected chi connectivity index (χ4v) is 6.03. The van der Waals surface area contributed by atoms with Crippen LogP contribution in [-0.4, -0.2) is 31.9 Å². The van der Waals surface area contributed by atoms with Crippen LogP contribution in [0.4, 0.5) is 0 Å². The monoisotopic (exact) mass is 432 g/mol. The molecule has 2 heterocycles. The van der Waals surface area contributed by atoms with Gasteiger partial charge in [0.25, 0.3) is 0 Å². The fraction of sp³-hybridized carbons (Fsp3) is 0.222. The van der Waals surface area contributed by atoms with E-state index in [4.69, 9.17) is 0 Å². The average molecular weight is 433 g/mol. The molecule has 6 nitrogen and oxygen atoms in total. The van der Waals surface area contributed by atoms with Crippen LogP contribution in [0, 0.1) is 0 Å². The van der Waals surface area contributed by atoms with E-state index in [2.05, 4.69) is 26.1 Å². The molecule has 2 aromatic heterocycles. The molecule has 26 heavy (non-hydrogen) atoms. The van der Waals surface area contributed by atoms with Gasteiger partial charge >= 0.3 is 0 Å². The van der Waals surface area contributed by atoms with Crippen LogP contribution in [0.2, 0.25) is 0 Å². The van der Waals surface area contributed by atoms with Crippen LogP contribution in [-0.2, 0) is 17.1 Å². The maximum atomic E-state index is 13.6. The molecule has 0 saturated heterocycles. The molecule has 8 heteroatoms. The minimum absolute atomic E-state index is 0.350. The number of fused-ring (bicyclic) bond motifs is 1. The Kier molecular flexibility index (Phi) is 3.92. The van der Waals surface area contributed by atoms with Crippen molar-refractivity contribution >= 4 is 42.4 Å². The zero-order valence-electron chi connectivity index (χ0n) is 14.3. The Labute approximate surface area is 160 Å². The van der Waals surface area contributed by atoms with Crippen LogP contribution < -0.4 is 0 Å². The van der Waals surface area contributed by atoms with Crippen molar-refractivity contribution in [2.24, 2.45) is 7.05 Å². The molecule has 1 unspecified atom stereocenters. The van der Waals surface area contributed by atoms with Gasteiger partial charge in [-0.25, -0.2) is 12.4 Å². The molecule has 134 valence electrons. The molecule has 1 aliphatic carbocycles. The topological polar surface area (TPSA) is 69.8 Å². The average Bonchev–Trinajstić information content (AvgIpc) is 3.20. The van der Waals surface area contributed by atoms with Gasteiger partial charge in [-0.1, -0.05) is 40.2 Å². The number of aryl methyl sites for hydroxylation is 1. The lowest BCUT2D eigenvalue weighted by molar-refractivity contribution is 0.554. The molecule has 1 atom stereocenters. The predicted octanol–water partition coefficient (Wildman–Crippen LogP) is 3.47. The Bertz CT molecular complexity index is 1170. The van der Waals surface area contributed by atoms with Gasteiger partial charge in [-0.15, -0.1) is 10.2 Å². The van der Waals surface area contributed by atoms with Crippen molar-refractivity contribution in [2.75, 3.05) is 0 Å². The lowest BCUT2D eigenvalue weighted by atomic mass is 9.96. The normalized spacial score (nSPS) is 20.9. The second-order valence-electron chi connectivity index (χ2n) is 6.62. The number of hydrogen-bond acceptors (Lipinski definition) is 4. The van der Waals surface area contributed by atoms with Gasteiger partial charge in [0.05, 0.1) is 5.52 Å². The standard InChI is InChI=1S/C18H17BrN4O2S/c1-18(10-14(9-15(19)11-18)17-21-20-12-22(17)2)26(24,25)23-8-7-13-5-3-4-6-16(13)23/h3-10,12H,11H2,1-2H3. The number of rotatable bonds is 3. The number of para-hydroxylation sites is 1. The van der Waals surface area contributed by atoms with Crippen LogP contribution in [0.25, 0.3) is 16.5 Å². The van der Waals surface area contributed by atoms with E-state index in [-0.39, 0.29) is 0 Å². The van der Waals surface area contributed by atoms with E-state index in [0.717, 1.165) is 15.4 Å². The third-order valence-corrected chi connectivity index (χ3v) is 7.46. The molecule has 0 bridgehead atoms. The van der Waals surface area contributed by atoms with Gasteiger partial charge in [0.15, 0.2) is 5.82 Å². The molecule has 0 N–H and O–H groups in total. The van der Waals surface area contributed by atoms with Gasteiger partial charge in [-0.2, -0.15) is 0 Å². The van der Waals surface area contributed by atoms with E-state index in [9.17, 15) is 8.42 Å². The van der Waals surface area contributed by atoms with E-state index >= 15 is 0 Å². The number of benzene rings is 1. The number of halogens is 1. The van der Waals surface area contributed by atoms with Crippen LogP contribution >= 0.6 is 15.9 Å². The summed E-state index contributed by atoms with van der Waals surface area (Å²) in [5, 5.41) is 8.90. The van der Waals surface area contributed by atoms with Gasteiger partial charge < -0.3 is 4.57 Å². The van der Waals surface area contributed by atoms with Crippen molar-refractivity contribution in [1.82, 2.24) is 18.7 Å². The molecule has 0 spiro atoms. The fourth-order valence-electron chi connectivity index (χ4n) is 3.31. The summed E-state index contributed by atoms with van der Waals surface area (Å²) in [6, 6.07) is 9.27. The lowest BCUT2D eigenvalue weighted by Crippen LogP contribution is -2.39. The minimum Gasteiger partial charge on any atom is -0.317 e. The summed E-state index contributed by atoms with van der Waals surface area (Å²) in [4.78, 5) is 0. The number of aromatic nitrogens is 4. The van der Waals surface area contributed by atoms with Gasteiger partial charge in [0, 0.05) is 30.6 Å². The largest absolute Gasteiger partial charge is 0.317 e. The van der Waals surface area contributed by atoms with E-state index in [0.29, 0.717) is 17.8 Å². The quantitative estimate of drug-likeness (QED) is 0.635. The minimum atomic E-state index is -3.70. The third kappa shape index (κ3) is 2.55. The molecule has 0 saturated carbocycles. The van der Waals surface area contributed by atoms with Crippen LogP contribution in [0.15, 0.2) is 59.5 Å². The molecular formula is C18H17BrN4O2S. The first kappa shape index (κ1) is 17.2. The highest BCUT2D eigenvalue weighted by Gasteiger charge is 2.42. The molecular weight excluding hydrogens is 416 g/mol. The molecule has 3 aromatic rings. The Morgan fingerprint density at radius 1 is 1.23 bits per heavy atom. The second kappa shape index (κ2) is 5.92. The summed E-state index contributed by atoms with van der Waals surface area (Å²) in [5.41, 5.74) is 1.40. The molecule has 0 fully saturated rings. The highest BCUT2D eigenvalue weighted by Crippen LogP contribution is 2.39. The summed E-state index contributed by atoms with van der Waals surface area (Å²) in [6.45, 7) is 1.74. The Balaban J connectivity index is 1.89. The Hall–Kier alpha value is -2.19. The van der Waals surface area contributed by atoms with E-state index < -0.39 is 14.8 Å². The van der Waals surface area contributed by atoms with E-state index in [1.165, 1.54) is 3.97 Å².